The minimum Gasteiger partial charge on any atom is -0.245 e. The van der Waals surface area contributed by atoms with Crippen LogP contribution in [0.2, 0.25) is 0 Å². The summed E-state index contributed by atoms with van der Waals surface area (Å²) in [6.07, 6.45) is -23.6. The standard InChI is InChI=1S/C9F19IO/c10-1(11,3(14,15)7(23,24)29)2(12,13)4(16,17)8(25,26)30-9(27,28)5(18,19)6(20,21)22. The third-order valence-electron chi connectivity index (χ3n) is 2.88. The fraction of sp³-hybridized carbons (Fsp3) is 1.00. The molecule has 0 aromatic carbocycles. The summed E-state index contributed by atoms with van der Waals surface area (Å²) in [7, 11) is 0. The normalized spacial score (nSPS) is 16.8. The van der Waals surface area contributed by atoms with Gasteiger partial charge in [-0.15, -0.1) is 0 Å². The van der Waals surface area contributed by atoms with Crippen molar-refractivity contribution in [3.63, 3.8) is 0 Å². The van der Waals surface area contributed by atoms with Crippen LogP contribution in [0.3, 0.4) is 0 Å². The Morgan fingerprint density at radius 1 is 0.367 bits per heavy atom. The van der Waals surface area contributed by atoms with E-state index >= 15 is 0 Å². The Morgan fingerprint density at radius 2 is 0.633 bits per heavy atom. The van der Waals surface area contributed by atoms with Gasteiger partial charge in [-0.2, -0.15) is 83.4 Å². The predicted molar refractivity (Wildman–Crippen MR) is 60.7 cm³/mol. The van der Waals surface area contributed by atoms with Crippen LogP contribution in [0, 0.1) is 0 Å². The van der Waals surface area contributed by atoms with E-state index in [0.29, 0.717) is 0 Å². The van der Waals surface area contributed by atoms with Crippen LogP contribution in [0.15, 0.2) is 0 Å². The minimum atomic E-state index is -8.49. The molecule has 0 unspecified atom stereocenters. The second-order valence-electron chi connectivity index (χ2n) is 5.00. The zero-order valence-corrected chi connectivity index (χ0v) is 14.6. The van der Waals surface area contributed by atoms with E-state index in [-0.39, 0.29) is 0 Å². The summed E-state index contributed by atoms with van der Waals surface area (Å²) in [5.74, 6) is -40.7. The Balaban J connectivity index is 6.46. The number of halogens is 20. The maximum Gasteiger partial charge on any atom is 0.462 e. The first-order chi connectivity index (χ1) is 12.5. The zero-order chi connectivity index (χ0) is 25.2. The molecule has 0 fully saturated rings. The number of alkyl halides is 20. The summed E-state index contributed by atoms with van der Waals surface area (Å²) in [5, 5.41) is 0. The van der Waals surface area contributed by atoms with Crippen molar-refractivity contribution in [2.75, 3.05) is 0 Å². The van der Waals surface area contributed by atoms with E-state index in [1.54, 1.807) is 0 Å². The summed E-state index contributed by atoms with van der Waals surface area (Å²) >= 11 is -1.03. The summed E-state index contributed by atoms with van der Waals surface area (Å²) in [4.78, 5) is 0. The Morgan fingerprint density at radius 3 is 0.900 bits per heavy atom. The van der Waals surface area contributed by atoms with Crippen molar-refractivity contribution >= 4 is 22.6 Å². The average molecular weight is 612 g/mol. The van der Waals surface area contributed by atoms with Gasteiger partial charge in [0.15, 0.2) is 0 Å². The van der Waals surface area contributed by atoms with Gasteiger partial charge in [0.05, 0.1) is 0 Å². The van der Waals surface area contributed by atoms with Crippen molar-refractivity contribution < 1.29 is 88.2 Å². The Labute approximate surface area is 163 Å². The lowest BCUT2D eigenvalue weighted by molar-refractivity contribution is -0.520. The first-order valence-corrected chi connectivity index (χ1v) is 7.02. The summed E-state index contributed by atoms with van der Waals surface area (Å²) in [6, 6.07) is 0. The van der Waals surface area contributed by atoms with Crippen molar-refractivity contribution in [2.45, 2.75) is 51.9 Å². The first kappa shape index (κ1) is 29.4. The van der Waals surface area contributed by atoms with Crippen LogP contribution >= 0.6 is 22.6 Å². The molecule has 0 radical (unpaired) electrons. The van der Waals surface area contributed by atoms with Crippen LogP contribution < -0.4 is 0 Å². The molecule has 30 heavy (non-hydrogen) atoms. The second kappa shape index (κ2) is 7.18. The van der Waals surface area contributed by atoms with Crippen LogP contribution in [0.5, 0.6) is 0 Å². The van der Waals surface area contributed by atoms with Crippen LogP contribution in [0.4, 0.5) is 83.4 Å². The highest BCUT2D eigenvalue weighted by molar-refractivity contribution is 14.1. The molecule has 0 aromatic heterocycles. The molecule has 1 nitrogen and oxygen atoms in total. The SMILES string of the molecule is FC(F)(F)C(F)(F)C(F)(F)OC(F)(F)C(F)(F)C(F)(F)C(F)(F)C(F)(F)C(F)(F)I. The van der Waals surface area contributed by atoms with Crippen LogP contribution in [0.1, 0.15) is 0 Å². The van der Waals surface area contributed by atoms with E-state index in [0.717, 1.165) is 4.74 Å². The van der Waals surface area contributed by atoms with E-state index in [1.807, 2.05) is 0 Å². The Kier molecular flexibility index (Phi) is 7.03. The van der Waals surface area contributed by atoms with E-state index in [2.05, 4.69) is 0 Å². The van der Waals surface area contributed by atoms with E-state index in [9.17, 15) is 83.4 Å². The highest BCUT2D eigenvalue weighted by Crippen LogP contribution is 2.62. The molecule has 0 aliphatic rings. The van der Waals surface area contributed by atoms with E-state index in [1.165, 1.54) is 0 Å². The third kappa shape index (κ3) is 4.07. The molecule has 0 rings (SSSR count). The molecule has 0 N–H and O–H groups in total. The highest BCUT2D eigenvalue weighted by Gasteiger charge is 2.92. The number of ether oxygens (including phenoxy) is 1. The van der Waals surface area contributed by atoms with Crippen molar-refractivity contribution in [1.82, 2.24) is 0 Å². The van der Waals surface area contributed by atoms with Gasteiger partial charge in [0.25, 0.3) is 0 Å². The number of hydrogen-bond acceptors (Lipinski definition) is 1. The third-order valence-corrected chi connectivity index (χ3v) is 3.56. The molecule has 21 heteroatoms. The van der Waals surface area contributed by atoms with Crippen LogP contribution in [-0.2, 0) is 4.74 Å². The van der Waals surface area contributed by atoms with Gasteiger partial charge in [-0.05, 0) is 0 Å². The van der Waals surface area contributed by atoms with Gasteiger partial charge in [-0.1, -0.05) is 0 Å². The molecular formula is C9F19IO. The minimum absolute atomic E-state index is 1.03. The second-order valence-corrected chi connectivity index (χ2v) is 6.36. The number of rotatable bonds is 8. The molecule has 182 valence electrons. The highest BCUT2D eigenvalue weighted by atomic mass is 127. The van der Waals surface area contributed by atoms with E-state index in [4.69, 9.17) is 0 Å². The van der Waals surface area contributed by atoms with E-state index < -0.39 is 74.5 Å². The molecule has 0 aliphatic heterocycles. The fourth-order valence-electron chi connectivity index (χ4n) is 1.21. The Bertz CT molecular complexity index is 627. The quantitative estimate of drug-likeness (QED) is 0.164. The maximum atomic E-state index is 13.1. The van der Waals surface area contributed by atoms with Gasteiger partial charge in [0.1, 0.15) is 0 Å². The lowest BCUT2D eigenvalue weighted by Crippen LogP contribution is -2.71. The van der Waals surface area contributed by atoms with Gasteiger partial charge in [0, 0.05) is 22.6 Å². The molecule has 0 atom stereocenters. The average Bonchev–Trinajstić information content (AvgIpc) is 2.42. The Hall–Kier alpha value is -0.640. The summed E-state index contributed by atoms with van der Waals surface area (Å²) in [5.41, 5.74) is 0. The lowest BCUT2D eigenvalue weighted by atomic mass is 9.98. The maximum absolute atomic E-state index is 13.1. The van der Waals surface area contributed by atoms with Gasteiger partial charge in [-0.25, -0.2) is 4.74 Å². The molecule has 0 aliphatic carbocycles. The molecule has 0 spiro atoms. The molecule has 0 aromatic rings. The van der Waals surface area contributed by atoms with Crippen molar-refractivity contribution in [2.24, 2.45) is 0 Å². The van der Waals surface area contributed by atoms with Gasteiger partial charge < -0.3 is 0 Å². The van der Waals surface area contributed by atoms with Gasteiger partial charge in [0.2, 0.25) is 0 Å². The van der Waals surface area contributed by atoms with Gasteiger partial charge >= 0.3 is 51.9 Å². The lowest BCUT2D eigenvalue weighted by Gasteiger charge is -2.40. The molecule has 0 bridgehead atoms. The van der Waals surface area contributed by atoms with Crippen molar-refractivity contribution in [1.29, 1.82) is 0 Å². The molecule has 0 amide bonds. The summed E-state index contributed by atoms with van der Waals surface area (Å²) in [6.45, 7) is 0. The molecule has 0 saturated carbocycles. The first-order valence-electron chi connectivity index (χ1n) is 5.94. The largest absolute Gasteiger partial charge is 0.462 e. The van der Waals surface area contributed by atoms with Gasteiger partial charge in [-0.3, -0.25) is 0 Å². The molecule has 0 heterocycles. The van der Waals surface area contributed by atoms with Crippen LogP contribution in [0.25, 0.3) is 0 Å². The topological polar surface area (TPSA) is 9.23 Å². The van der Waals surface area contributed by atoms with Crippen molar-refractivity contribution in [3.8, 4) is 0 Å². The monoisotopic (exact) mass is 612 g/mol. The molecule has 0 saturated heterocycles. The van der Waals surface area contributed by atoms with Crippen molar-refractivity contribution in [3.05, 3.63) is 0 Å². The summed E-state index contributed by atoms with van der Waals surface area (Å²) < 4.78 is 234. The predicted octanol–water partition coefficient (Wildman–Crippen LogP) is 6.96. The number of hydrogen-bond donors (Lipinski definition) is 0. The zero-order valence-electron chi connectivity index (χ0n) is 12.5. The van der Waals surface area contributed by atoms with Crippen LogP contribution in [-0.4, -0.2) is 51.9 Å². The smallest absolute Gasteiger partial charge is 0.245 e. The fourth-order valence-corrected chi connectivity index (χ4v) is 1.55. The molecular weight excluding hydrogens is 612 g/mol.